The highest BCUT2D eigenvalue weighted by molar-refractivity contribution is 5.40. The molecule has 2 aromatic carbocycles. The van der Waals surface area contributed by atoms with Crippen LogP contribution in [0.1, 0.15) is 61.5 Å². The molecule has 28 heavy (non-hydrogen) atoms. The summed E-state index contributed by atoms with van der Waals surface area (Å²) >= 11 is 0. The van der Waals surface area contributed by atoms with Crippen LogP contribution in [-0.2, 0) is 12.0 Å². The van der Waals surface area contributed by atoms with Crippen molar-refractivity contribution in [3.63, 3.8) is 0 Å². The van der Waals surface area contributed by atoms with Gasteiger partial charge in [-0.2, -0.15) is 0 Å². The van der Waals surface area contributed by atoms with Crippen LogP contribution >= 0.6 is 0 Å². The van der Waals surface area contributed by atoms with Gasteiger partial charge in [0.1, 0.15) is 18.5 Å². The van der Waals surface area contributed by atoms with Gasteiger partial charge < -0.3 is 9.84 Å². The van der Waals surface area contributed by atoms with Crippen molar-refractivity contribution in [1.29, 1.82) is 0 Å². The van der Waals surface area contributed by atoms with Gasteiger partial charge in [-0.3, -0.25) is 0 Å². The van der Waals surface area contributed by atoms with E-state index in [4.69, 9.17) is 4.74 Å². The average molecular weight is 377 g/mol. The SMILES string of the molecule is CCC(O)c1nccc(COc2ccc(C(C)(C)c3ccc(C)cc3)cc2)n1. The van der Waals surface area contributed by atoms with Gasteiger partial charge in [0.25, 0.3) is 0 Å². The Hall–Kier alpha value is -2.72. The molecule has 0 radical (unpaired) electrons. The first kappa shape index (κ1) is 20.0. The van der Waals surface area contributed by atoms with Crippen molar-refractivity contribution in [1.82, 2.24) is 9.97 Å². The van der Waals surface area contributed by atoms with E-state index in [9.17, 15) is 5.11 Å². The molecule has 1 aromatic heterocycles. The van der Waals surface area contributed by atoms with Crippen LogP contribution < -0.4 is 4.74 Å². The molecule has 0 saturated heterocycles. The maximum Gasteiger partial charge on any atom is 0.157 e. The van der Waals surface area contributed by atoms with Crippen molar-refractivity contribution in [2.75, 3.05) is 0 Å². The number of aryl methyl sites for hydroxylation is 1. The number of aliphatic hydroxyl groups is 1. The second-order valence-corrected chi connectivity index (χ2v) is 7.63. The van der Waals surface area contributed by atoms with Crippen LogP contribution in [-0.4, -0.2) is 15.1 Å². The molecule has 0 bridgehead atoms. The molecular weight excluding hydrogens is 348 g/mol. The Morgan fingerprint density at radius 3 is 2.18 bits per heavy atom. The molecule has 0 amide bonds. The summed E-state index contributed by atoms with van der Waals surface area (Å²) in [6, 6.07) is 18.7. The number of rotatable bonds is 7. The summed E-state index contributed by atoms with van der Waals surface area (Å²) in [6.45, 7) is 8.81. The molecule has 4 heteroatoms. The zero-order chi connectivity index (χ0) is 20.1. The van der Waals surface area contributed by atoms with Gasteiger partial charge in [0, 0.05) is 11.6 Å². The lowest BCUT2D eigenvalue weighted by atomic mass is 9.78. The molecule has 3 rings (SSSR count). The number of nitrogens with zero attached hydrogens (tertiary/aromatic N) is 2. The molecular formula is C24H28N2O2. The molecule has 4 nitrogen and oxygen atoms in total. The van der Waals surface area contributed by atoms with E-state index in [1.54, 1.807) is 12.3 Å². The molecule has 1 unspecified atom stereocenters. The first-order valence-electron chi connectivity index (χ1n) is 9.70. The van der Waals surface area contributed by atoms with Crippen molar-refractivity contribution in [2.24, 2.45) is 0 Å². The molecule has 0 aliphatic carbocycles. The highest BCUT2D eigenvalue weighted by Crippen LogP contribution is 2.32. The van der Waals surface area contributed by atoms with Crippen LogP contribution in [0.4, 0.5) is 0 Å². The zero-order valence-corrected chi connectivity index (χ0v) is 17.0. The highest BCUT2D eigenvalue weighted by Gasteiger charge is 2.22. The molecule has 0 aliphatic rings. The number of benzene rings is 2. The largest absolute Gasteiger partial charge is 0.487 e. The van der Waals surface area contributed by atoms with Crippen LogP contribution in [0.2, 0.25) is 0 Å². The summed E-state index contributed by atoms with van der Waals surface area (Å²) in [5.41, 5.74) is 4.46. The summed E-state index contributed by atoms with van der Waals surface area (Å²) in [6.07, 6.45) is 1.61. The van der Waals surface area contributed by atoms with Gasteiger partial charge in [-0.1, -0.05) is 62.7 Å². The quantitative estimate of drug-likeness (QED) is 0.621. The smallest absolute Gasteiger partial charge is 0.157 e. The maximum absolute atomic E-state index is 9.89. The summed E-state index contributed by atoms with van der Waals surface area (Å²) < 4.78 is 5.88. The molecule has 1 heterocycles. The number of hydrogen-bond acceptors (Lipinski definition) is 4. The topological polar surface area (TPSA) is 55.2 Å². The van der Waals surface area contributed by atoms with Crippen molar-refractivity contribution in [3.8, 4) is 5.75 Å². The first-order valence-corrected chi connectivity index (χ1v) is 9.70. The third-order valence-electron chi connectivity index (χ3n) is 5.15. The summed E-state index contributed by atoms with van der Waals surface area (Å²) in [4.78, 5) is 8.50. The van der Waals surface area contributed by atoms with Gasteiger partial charge in [-0.05, 0) is 42.7 Å². The Labute approximate surface area is 167 Å². The third-order valence-corrected chi connectivity index (χ3v) is 5.15. The average Bonchev–Trinajstić information content (AvgIpc) is 2.72. The lowest BCUT2D eigenvalue weighted by molar-refractivity contribution is 0.162. The Kier molecular flexibility index (Phi) is 6.10. The minimum atomic E-state index is -0.636. The summed E-state index contributed by atoms with van der Waals surface area (Å²) in [5.74, 6) is 1.23. The highest BCUT2D eigenvalue weighted by atomic mass is 16.5. The van der Waals surface area contributed by atoms with Gasteiger partial charge in [0.2, 0.25) is 0 Å². The molecule has 3 aromatic rings. The molecule has 0 aliphatic heterocycles. The van der Waals surface area contributed by atoms with E-state index in [-0.39, 0.29) is 5.41 Å². The monoisotopic (exact) mass is 376 g/mol. The van der Waals surface area contributed by atoms with E-state index < -0.39 is 6.10 Å². The van der Waals surface area contributed by atoms with Crippen molar-refractivity contribution in [3.05, 3.63) is 89.0 Å². The first-order chi connectivity index (χ1) is 13.4. The molecule has 1 N–H and O–H groups in total. The van der Waals surface area contributed by atoms with E-state index in [1.807, 2.05) is 19.1 Å². The zero-order valence-electron chi connectivity index (χ0n) is 17.0. The van der Waals surface area contributed by atoms with Gasteiger partial charge in [-0.25, -0.2) is 9.97 Å². The standard InChI is InChI=1S/C24H28N2O2/c1-5-22(27)23-25-15-14-20(26-23)16-28-21-12-10-19(11-13-21)24(3,4)18-8-6-17(2)7-9-18/h6-15,22,27H,5,16H2,1-4H3. The van der Waals surface area contributed by atoms with Crippen molar-refractivity contribution >= 4 is 0 Å². The summed E-state index contributed by atoms with van der Waals surface area (Å²) in [7, 11) is 0. The molecule has 146 valence electrons. The van der Waals surface area contributed by atoms with E-state index in [2.05, 4.69) is 67.1 Å². The number of aromatic nitrogens is 2. The predicted octanol–water partition coefficient (Wildman–Crippen LogP) is 5.13. The van der Waals surface area contributed by atoms with E-state index in [0.717, 1.165) is 11.4 Å². The fourth-order valence-corrected chi connectivity index (χ4v) is 3.10. The number of ether oxygens (including phenoxy) is 1. The fraction of sp³-hybridized carbons (Fsp3) is 0.333. The van der Waals surface area contributed by atoms with E-state index >= 15 is 0 Å². The van der Waals surface area contributed by atoms with Crippen LogP contribution in [0.15, 0.2) is 60.8 Å². The lowest BCUT2D eigenvalue weighted by Gasteiger charge is -2.26. The molecule has 0 fully saturated rings. The van der Waals surface area contributed by atoms with Crippen molar-refractivity contribution in [2.45, 2.75) is 52.2 Å². The van der Waals surface area contributed by atoms with Crippen LogP contribution in [0.25, 0.3) is 0 Å². The molecule has 0 spiro atoms. The Bertz CT molecular complexity index is 903. The van der Waals surface area contributed by atoms with Gasteiger partial charge in [0.05, 0.1) is 5.69 Å². The lowest BCUT2D eigenvalue weighted by Crippen LogP contribution is -2.18. The fourth-order valence-electron chi connectivity index (χ4n) is 3.10. The Balaban J connectivity index is 1.68. The second-order valence-electron chi connectivity index (χ2n) is 7.63. The summed E-state index contributed by atoms with van der Waals surface area (Å²) in [5, 5.41) is 9.89. The van der Waals surface area contributed by atoms with E-state index in [0.29, 0.717) is 18.9 Å². The molecule has 1 atom stereocenters. The van der Waals surface area contributed by atoms with E-state index in [1.165, 1.54) is 16.7 Å². The van der Waals surface area contributed by atoms with Gasteiger partial charge in [-0.15, -0.1) is 0 Å². The third kappa shape index (κ3) is 4.57. The second kappa shape index (κ2) is 8.53. The van der Waals surface area contributed by atoms with Gasteiger partial charge in [0.15, 0.2) is 5.82 Å². The molecule has 0 saturated carbocycles. The predicted molar refractivity (Wildman–Crippen MR) is 111 cm³/mol. The van der Waals surface area contributed by atoms with Crippen LogP contribution in [0, 0.1) is 6.92 Å². The number of hydrogen-bond donors (Lipinski definition) is 1. The maximum atomic E-state index is 9.89. The Morgan fingerprint density at radius 2 is 1.57 bits per heavy atom. The number of aliphatic hydroxyl groups excluding tert-OH is 1. The van der Waals surface area contributed by atoms with Gasteiger partial charge >= 0.3 is 0 Å². The van der Waals surface area contributed by atoms with Crippen LogP contribution in [0.5, 0.6) is 5.75 Å². The minimum Gasteiger partial charge on any atom is -0.487 e. The Morgan fingerprint density at radius 1 is 0.964 bits per heavy atom. The van der Waals surface area contributed by atoms with Crippen molar-refractivity contribution < 1.29 is 9.84 Å². The van der Waals surface area contributed by atoms with Crippen LogP contribution in [0.3, 0.4) is 0 Å². The minimum absolute atomic E-state index is 0.0793. The normalized spacial score (nSPS) is 12.6.